The molecule has 8 heteroatoms. The second-order valence-corrected chi connectivity index (χ2v) is 7.46. The third-order valence-electron chi connectivity index (χ3n) is 3.47. The molecule has 1 aliphatic heterocycles. The lowest BCUT2D eigenvalue weighted by Gasteiger charge is -2.21. The monoisotopic (exact) mass is 362 g/mol. The van der Waals surface area contributed by atoms with Crippen molar-refractivity contribution in [2.24, 2.45) is 10.9 Å². The lowest BCUT2D eigenvalue weighted by molar-refractivity contribution is -0.121. The molecule has 1 heterocycles. The summed E-state index contributed by atoms with van der Waals surface area (Å²) in [6.07, 6.45) is 5.36. The summed E-state index contributed by atoms with van der Waals surface area (Å²) in [5, 5.41) is 8.02. The molecule has 1 aromatic carbocycles. The highest BCUT2D eigenvalue weighted by Crippen LogP contribution is 2.12. The number of hydrogen-bond acceptors (Lipinski definition) is 4. The molecule has 0 fully saturated rings. The summed E-state index contributed by atoms with van der Waals surface area (Å²) in [5.74, 6) is 0.418. The van der Waals surface area contributed by atoms with E-state index in [9.17, 15) is 13.8 Å². The minimum atomic E-state index is -1.07. The molecule has 3 amide bonds. The maximum Gasteiger partial charge on any atom is 0.319 e. The minimum absolute atomic E-state index is 0.230. The molecule has 3 N–H and O–H groups in total. The van der Waals surface area contributed by atoms with Gasteiger partial charge in [-0.3, -0.25) is 9.00 Å². The van der Waals surface area contributed by atoms with Crippen LogP contribution in [-0.4, -0.2) is 34.3 Å². The van der Waals surface area contributed by atoms with Crippen LogP contribution >= 0.6 is 0 Å². The van der Waals surface area contributed by atoms with E-state index in [1.54, 1.807) is 42.8 Å². The molecule has 0 aliphatic carbocycles. The Morgan fingerprint density at radius 3 is 2.28 bits per heavy atom. The summed E-state index contributed by atoms with van der Waals surface area (Å²) in [6, 6.07) is 5.57. The zero-order chi connectivity index (χ0) is 18.4. The van der Waals surface area contributed by atoms with Gasteiger partial charge in [-0.15, -0.1) is 0 Å². The maximum atomic E-state index is 12.3. The van der Waals surface area contributed by atoms with Crippen molar-refractivity contribution in [3.8, 4) is 0 Å². The smallest absolute Gasteiger partial charge is 0.319 e. The Hall–Kier alpha value is -2.48. The van der Waals surface area contributed by atoms with Crippen LogP contribution < -0.4 is 16.0 Å². The SMILES string of the molecule is CC(C)C[C@H](NC(=O)Nc1ccc(S(C)=O)cc1)C(=O)NC1=NC=C1. The van der Waals surface area contributed by atoms with Crippen LogP contribution in [0.25, 0.3) is 0 Å². The van der Waals surface area contributed by atoms with Crippen LogP contribution in [0.15, 0.2) is 46.4 Å². The Kier molecular flexibility index (Phi) is 6.46. The molecule has 2 atom stereocenters. The van der Waals surface area contributed by atoms with E-state index in [2.05, 4.69) is 20.9 Å². The van der Waals surface area contributed by atoms with Crippen molar-refractivity contribution >= 4 is 34.3 Å². The maximum absolute atomic E-state index is 12.3. The molecule has 25 heavy (non-hydrogen) atoms. The van der Waals surface area contributed by atoms with Crippen LogP contribution in [0.3, 0.4) is 0 Å². The Balaban J connectivity index is 1.95. The van der Waals surface area contributed by atoms with E-state index in [1.165, 1.54) is 0 Å². The quantitative estimate of drug-likeness (QED) is 0.722. The topological polar surface area (TPSA) is 99.7 Å². The van der Waals surface area contributed by atoms with Gasteiger partial charge in [-0.2, -0.15) is 0 Å². The van der Waals surface area contributed by atoms with E-state index < -0.39 is 22.9 Å². The summed E-state index contributed by atoms with van der Waals surface area (Å²) in [5.41, 5.74) is 0.557. The lowest BCUT2D eigenvalue weighted by Crippen LogP contribution is -2.50. The predicted molar refractivity (Wildman–Crippen MR) is 98.9 cm³/mol. The van der Waals surface area contributed by atoms with E-state index >= 15 is 0 Å². The predicted octanol–water partition coefficient (Wildman–Crippen LogP) is 2.00. The van der Waals surface area contributed by atoms with Crippen molar-refractivity contribution in [3.63, 3.8) is 0 Å². The molecule has 0 aromatic heterocycles. The molecule has 1 aromatic rings. The van der Waals surface area contributed by atoms with Crippen LogP contribution in [0.1, 0.15) is 20.3 Å². The molecule has 0 saturated carbocycles. The number of rotatable bonds is 6. The highest BCUT2D eigenvalue weighted by Gasteiger charge is 2.23. The number of carbonyl (C=O) groups excluding carboxylic acids is 2. The Morgan fingerprint density at radius 2 is 1.80 bits per heavy atom. The molecule has 7 nitrogen and oxygen atoms in total. The van der Waals surface area contributed by atoms with Gasteiger partial charge in [0.05, 0.1) is 0 Å². The van der Waals surface area contributed by atoms with Crippen LogP contribution in [-0.2, 0) is 15.6 Å². The number of carbonyl (C=O) groups is 2. The number of amides is 3. The van der Waals surface area contributed by atoms with E-state index in [4.69, 9.17) is 0 Å². The van der Waals surface area contributed by atoms with Gasteiger partial charge in [0.25, 0.3) is 0 Å². The fourth-order valence-electron chi connectivity index (χ4n) is 2.19. The van der Waals surface area contributed by atoms with Crippen molar-refractivity contribution in [1.29, 1.82) is 0 Å². The van der Waals surface area contributed by atoms with Gasteiger partial charge in [-0.1, -0.05) is 13.8 Å². The van der Waals surface area contributed by atoms with Gasteiger partial charge in [-0.25, -0.2) is 9.79 Å². The summed E-state index contributed by atoms with van der Waals surface area (Å²) >= 11 is 0. The number of urea groups is 1. The fourth-order valence-corrected chi connectivity index (χ4v) is 2.71. The summed E-state index contributed by atoms with van der Waals surface area (Å²) in [6.45, 7) is 3.95. The second kappa shape index (κ2) is 8.57. The summed E-state index contributed by atoms with van der Waals surface area (Å²) in [7, 11) is -1.07. The molecule has 1 unspecified atom stereocenters. The average Bonchev–Trinajstić information content (AvgIpc) is 2.50. The van der Waals surface area contributed by atoms with Gasteiger partial charge in [0.2, 0.25) is 5.91 Å². The standard InChI is InChI=1S/C17H22N4O3S/c1-11(2)10-14(16(22)21-15-8-9-18-15)20-17(23)19-12-4-6-13(7-5-12)25(3)24/h4-9,11,14H,10H2,1-3H3,(H,18,21,22)(H2,19,20,23)/t14-,25?/m0/s1. The van der Waals surface area contributed by atoms with E-state index in [-0.39, 0.29) is 11.8 Å². The molecule has 0 radical (unpaired) electrons. The molecule has 2 rings (SSSR count). The van der Waals surface area contributed by atoms with Crippen molar-refractivity contribution < 1.29 is 13.8 Å². The van der Waals surface area contributed by atoms with Gasteiger partial charge in [0.1, 0.15) is 11.9 Å². The van der Waals surface area contributed by atoms with Crippen LogP contribution in [0.4, 0.5) is 10.5 Å². The van der Waals surface area contributed by atoms with Gasteiger partial charge in [0.15, 0.2) is 0 Å². The fraction of sp³-hybridized carbons (Fsp3) is 0.353. The Bertz CT molecular complexity index is 726. The normalized spacial score (nSPS) is 15.0. The first-order valence-electron chi connectivity index (χ1n) is 7.91. The number of amidine groups is 1. The van der Waals surface area contributed by atoms with Crippen LogP contribution in [0.5, 0.6) is 0 Å². The van der Waals surface area contributed by atoms with Crippen molar-refractivity contribution in [2.75, 3.05) is 11.6 Å². The Morgan fingerprint density at radius 1 is 1.16 bits per heavy atom. The van der Waals surface area contributed by atoms with Crippen LogP contribution in [0, 0.1) is 5.92 Å². The van der Waals surface area contributed by atoms with Gasteiger partial charge in [0, 0.05) is 33.8 Å². The molecule has 0 saturated heterocycles. The van der Waals surface area contributed by atoms with E-state index in [1.807, 2.05) is 13.8 Å². The van der Waals surface area contributed by atoms with E-state index in [0.717, 1.165) is 0 Å². The second-order valence-electron chi connectivity index (χ2n) is 6.08. The third kappa shape index (κ3) is 5.82. The average molecular weight is 362 g/mol. The number of benzene rings is 1. The first-order valence-corrected chi connectivity index (χ1v) is 9.47. The summed E-state index contributed by atoms with van der Waals surface area (Å²) < 4.78 is 11.4. The number of nitrogens with zero attached hydrogens (tertiary/aromatic N) is 1. The molecular weight excluding hydrogens is 340 g/mol. The molecule has 0 spiro atoms. The first-order chi connectivity index (χ1) is 11.8. The number of anilines is 1. The van der Waals surface area contributed by atoms with Crippen molar-refractivity contribution in [3.05, 3.63) is 36.5 Å². The largest absolute Gasteiger partial charge is 0.326 e. The van der Waals surface area contributed by atoms with Gasteiger partial charge < -0.3 is 16.0 Å². The number of nitrogens with one attached hydrogen (secondary N) is 3. The molecular formula is C17H22N4O3S. The summed E-state index contributed by atoms with van der Waals surface area (Å²) in [4.78, 5) is 29.0. The number of hydrogen-bond donors (Lipinski definition) is 3. The third-order valence-corrected chi connectivity index (χ3v) is 4.41. The minimum Gasteiger partial charge on any atom is -0.326 e. The van der Waals surface area contributed by atoms with E-state index in [0.29, 0.717) is 22.8 Å². The van der Waals surface area contributed by atoms with Crippen molar-refractivity contribution in [1.82, 2.24) is 10.6 Å². The van der Waals surface area contributed by atoms with Crippen molar-refractivity contribution in [2.45, 2.75) is 31.2 Å². The highest BCUT2D eigenvalue weighted by molar-refractivity contribution is 7.84. The van der Waals surface area contributed by atoms with Crippen LogP contribution in [0.2, 0.25) is 0 Å². The zero-order valence-corrected chi connectivity index (χ0v) is 15.2. The number of aliphatic imine (C=N–C) groups is 1. The zero-order valence-electron chi connectivity index (χ0n) is 14.4. The molecule has 134 valence electrons. The van der Waals surface area contributed by atoms with Gasteiger partial charge in [-0.05, 0) is 42.7 Å². The first kappa shape index (κ1) is 18.9. The molecule has 1 aliphatic rings. The lowest BCUT2D eigenvalue weighted by atomic mass is 10.0. The molecule has 0 bridgehead atoms. The highest BCUT2D eigenvalue weighted by atomic mass is 32.2. The Labute approximate surface area is 149 Å². The van der Waals surface area contributed by atoms with Gasteiger partial charge >= 0.3 is 6.03 Å².